The van der Waals surface area contributed by atoms with Crippen LogP contribution in [0.5, 0.6) is 5.75 Å². The molecule has 2 aliphatic rings. The van der Waals surface area contributed by atoms with E-state index in [0.717, 1.165) is 17.7 Å². The van der Waals surface area contributed by atoms with E-state index in [9.17, 15) is 4.79 Å². The first kappa shape index (κ1) is 24.0. The molecule has 0 bridgehead atoms. The Hall–Kier alpha value is -3.16. The zero-order valence-corrected chi connectivity index (χ0v) is 19.6. The second kappa shape index (κ2) is 11.3. The van der Waals surface area contributed by atoms with E-state index in [-0.39, 0.29) is 12.5 Å². The van der Waals surface area contributed by atoms with Crippen LogP contribution in [0.2, 0.25) is 0 Å². The first-order chi connectivity index (χ1) is 16.6. The number of amides is 1. The molecule has 2 atom stereocenters. The molecule has 0 spiro atoms. The number of benzene rings is 2. The predicted octanol–water partition coefficient (Wildman–Crippen LogP) is 3.49. The normalized spacial score (nSPS) is 21.8. The minimum Gasteiger partial charge on any atom is -0.494 e. The molecule has 0 aromatic heterocycles. The van der Waals surface area contributed by atoms with Crippen molar-refractivity contribution in [2.75, 3.05) is 19.8 Å². The summed E-state index contributed by atoms with van der Waals surface area (Å²) >= 11 is 0. The fraction of sp³-hybridized carbons (Fsp3) is 0.407. The van der Waals surface area contributed by atoms with Crippen molar-refractivity contribution in [3.8, 4) is 5.75 Å². The number of hydrogen-bond donors (Lipinski definition) is 3. The van der Waals surface area contributed by atoms with E-state index in [1.807, 2.05) is 73.7 Å². The van der Waals surface area contributed by atoms with E-state index >= 15 is 0 Å². The third kappa shape index (κ3) is 6.04. The molecule has 0 unspecified atom stereocenters. The van der Waals surface area contributed by atoms with Crippen LogP contribution in [-0.4, -0.2) is 48.3 Å². The van der Waals surface area contributed by atoms with E-state index in [2.05, 4.69) is 10.9 Å². The van der Waals surface area contributed by atoms with Crippen molar-refractivity contribution in [3.63, 3.8) is 0 Å². The summed E-state index contributed by atoms with van der Waals surface area (Å²) < 4.78 is 11.7. The fourth-order valence-corrected chi connectivity index (χ4v) is 3.83. The van der Waals surface area contributed by atoms with Crippen molar-refractivity contribution in [1.29, 1.82) is 0 Å². The van der Waals surface area contributed by atoms with Gasteiger partial charge in [-0.15, -0.1) is 0 Å². The SMILES string of the molecule is C[C@@H]1OC(c2ccc(OCCCO)cc2)=N[C@]1(C/C=C/c1ccccc1)C(=O)NNCC1CC1. The minimum absolute atomic E-state index is 0.0962. The van der Waals surface area contributed by atoms with Crippen molar-refractivity contribution >= 4 is 17.9 Å². The zero-order valence-electron chi connectivity index (χ0n) is 19.6. The molecule has 2 aromatic carbocycles. The van der Waals surface area contributed by atoms with Crippen LogP contribution < -0.4 is 15.6 Å². The number of aliphatic hydroxyl groups is 1. The molecule has 2 aromatic rings. The third-order valence-corrected chi connectivity index (χ3v) is 6.16. The summed E-state index contributed by atoms with van der Waals surface area (Å²) in [6.07, 6.45) is 6.95. The van der Waals surface area contributed by atoms with E-state index in [4.69, 9.17) is 19.6 Å². The minimum atomic E-state index is -1.08. The Morgan fingerprint density at radius 1 is 1.21 bits per heavy atom. The second-order valence-corrected chi connectivity index (χ2v) is 8.85. The van der Waals surface area contributed by atoms with Gasteiger partial charge in [-0.25, -0.2) is 10.4 Å². The monoisotopic (exact) mass is 463 g/mol. The van der Waals surface area contributed by atoms with Gasteiger partial charge in [0, 0.05) is 31.6 Å². The quantitative estimate of drug-likeness (QED) is 0.331. The van der Waals surface area contributed by atoms with Gasteiger partial charge < -0.3 is 14.6 Å². The number of aliphatic imine (C=N–C) groups is 1. The summed E-state index contributed by atoms with van der Waals surface area (Å²) in [5.74, 6) is 1.60. The van der Waals surface area contributed by atoms with Gasteiger partial charge in [0.25, 0.3) is 5.91 Å². The highest BCUT2D eigenvalue weighted by Crippen LogP contribution is 2.33. The number of nitrogens with zero attached hydrogens (tertiary/aromatic N) is 1. The highest BCUT2D eigenvalue weighted by Gasteiger charge is 2.49. The molecule has 180 valence electrons. The van der Waals surface area contributed by atoms with E-state index in [1.54, 1.807) is 0 Å². The van der Waals surface area contributed by atoms with Gasteiger partial charge in [0.1, 0.15) is 11.9 Å². The van der Waals surface area contributed by atoms with Gasteiger partial charge in [-0.3, -0.25) is 10.2 Å². The number of carbonyl (C=O) groups excluding carboxylic acids is 1. The molecule has 1 fully saturated rings. The van der Waals surface area contributed by atoms with Crippen LogP contribution in [0, 0.1) is 5.92 Å². The topological polar surface area (TPSA) is 92.2 Å². The lowest BCUT2D eigenvalue weighted by Crippen LogP contribution is -2.54. The average molecular weight is 464 g/mol. The summed E-state index contributed by atoms with van der Waals surface area (Å²) in [4.78, 5) is 18.2. The molecule has 34 heavy (non-hydrogen) atoms. The summed E-state index contributed by atoms with van der Waals surface area (Å²) in [7, 11) is 0. The van der Waals surface area contributed by atoms with Crippen LogP contribution in [0.3, 0.4) is 0 Å². The summed E-state index contributed by atoms with van der Waals surface area (Å²) in [5, 5.41) is 8.91. The van der Waals surface area contributed by atoms with Gasteiger partial charge in [0.2, 0.25) is 5.90 Å². The number of aliphatic hydroxyl groups excluding tert-OH is 1. The van der Waals surface area contributed by atoms with Gasteiger partial charge in [-0.1, -0.05) is 42.5 Å². The molecule has 0 saturated heterocycles. The lowest BCUT2D eigenvalue weighted by atomic mass is 9.89. The van der Waals surface area contributed by atoms with Crippen molar-refractivity contribution in [1.82, 2.24) is 10.9 Å². The average Bonchev–Trinajstić information content (AvgIpc) is 3.62. The van der Waals surface area contributed by atoms with Crippen molar-refractivity contribution in [3.05, 3.63) is 71.8 Å². The van der Waals surface area contributed by atoms with Gasteiger partial charge in [0.15, 0.2) is 5.54 Å². The first-order valence-corrected chi connectivity index (χ1v) is 12.0. The molecule has 1 saturated carbocycles. The Kier molecular flexibility index (Phi) is 7.98. The fourth-order valence-electron chi connectivity index (χ4n) is 3.83. The van der Waals surface area contributed by atoms with Gasteiger partial charge >= 0.3 is 0 Å². The molecule has 3 N–H and O–H groups in total. The number of nitrogens with one attached hydrogen (secondary N) is 2. The highest BCUT2D eigenvalue weighted by atomic mass is 16.5. The number of ether oxygens (including phenoxy) is 2. The first-order valence-electron chi connectivity index (χ1n) is 12.0. The van der Waals surface area contributed by atoms with Crippen LogP contribution in [0.1, 0.15) is 43.7 Å². The third-order valence-electron chi connectivity index (χ3n) is 6.16. The number of hydrogen-bond acceptors (Lipinski definition) is 6. The largest absolute Gasteiger partial charge is 0.494 e. The Morgan fingerprint density at radius 2 is 1.97 bits per heavy atom. The molecule has 1 heterocycles. The smallest absolute Gasteiger partial charge is 0.266 e. The molecule has 1 aliphatic heterocycles. The maximum Gasteiger partial charge on any atom is 0.266 e. The zero-order chi connectivity index (χ0) is 23.8. The number of carbonyl (C=O) groups is 1. The lowest BCUT2D eigenvalue weighted by Gasteiger charge is -2.27. The Morgan fingerprint density at radius 3 is 2.68 bits per heavy atom. The Bertz CT molecular complexity index is 1000. The van der Waals surface area contributed by atoms with E-state index in [1.165, 1.54) is 12.8 Å². The number of rotatable bonds is 12. The Balaban J connectivity index is 1.52. The van der Waals surface area contributed by atoms with Crippen LogP contribution in [0.4, 0.5) is 0 Å². The lowest BCUT2D eigenvalue weighted by molar-refractivity contribution is -0.129. The summed E-state index contributed by atoms with van der Waals surface area (Å²) in [5.41, 5.74) is 6.73. The molecule has 4 rings (SSSR count). The standard InChI is InChI=1S/C27H33N3O4/c1-20-27(26(32)30-28-19-22-10-11-22,16-5-9-21-7-3-2-4-8-21)29-25(34-20)23-12-14-24(15-13-23)33-18-6-17-31/h2-5,7-9,12-15,20,22,28,31H,6,10-11,16-19H2,1H3,(H,30,32)/b9-5+/t20-,27-/m0/s1. The second-order valence-electron chi connectivity index (χ2n) is 8.85. The maximum atomic E-state index is 13.4. The van der Waals surface area contributed by atoms with Gasteiger partial charge in [-0.05, 0) is 55.5 Å². The maximum absolute atomic E-state index is 13.4. The van der Waals surface area contributed by atoms with Gasteiger partial charge in [-0.2, -0.15) is 0 Å². The molecular weight excluding hydrogens is 430 g/mol. The molecule has 7 heteroatoms. The van der Waals surface area contributed by atoms with Crippen LogP contribution in [-0.2, 0) is 9.53 Å². The van der Waals surface area contributed by atoms with E-state index < -0.39 is 11.6 Å². The summed E-state index contributed by atoms with van der Waals surface area (Å²) in [6.45, 7) is 3.21. The molecule has 0 radical (unpaired) electrons. The molecule has 1 aliphatic carbocycles. The van der Waals surface area contributed by atoms with Crippen LogP contribution in [0.25, 0.3) is 6.08 Å². The van der Waals surface area contributed by atoms with E-state index in [0.29, 0.717) is 37.0 Å². The van der Waals surface area contributed by atoms with Crippen molar-refractivity contribution in [2.45, 2.75) is 44.2 Å². The molecular formula is C27H33N3O4. The van der Waals surface area contributed by atoms with Crippen LogP contribution in [0.15, 0.2) is 65.7 Å². The summed E-state index contributed by atoms with van der Waals surface area (Å²) in [6, 6.07) is 17.4. The molecule has 1 amide bonds. The molecule has 7 nitrogen and oxygen atoms in total. The highest BCUT2D eigenvalue weighted by molar-refractivity contribution is 6.00. The van der Waals surface area contributed by atoms with Crippen LogP contribution >= 0.6 is 0 Å². The number of hydrazine groups is 1. The predicted molar refractivity (Wildman–Crippen MR) is 132 cm³/mol. The Labute approximate surface area is 200 Å². The van der Waals surface area contributed by atoms with Gasteiger partial charge in [0.05, 0.1) is 6.61 Å². The van der Waals surface area contributed by atoms with Crippen molar-refractivity contribution in [2.24, 2.45) is 10.9 Å². The van der Waals surface area contributed by atoms with Crippen molar-refractivity contribution < 1.29 is 19.4 Å².